The summed E-state index contributed by atoms with van der Waals surface area (Å²) in [5, 5.41) is 0. The van der Waals surface area contributed by atoms with E-state index in [4.69, 9.17) is 4.74 Å². The minimum atomic E-state index is 0.634. The lowest BCUT2D eigenvalue weighted by molar-refractivity contribution is 0.362. The maximum absolute atomic E-state index is 5.64. The molecule has 1 nitrogen and oxygen atoms in total. The summed E-state index contributed by atoms with van der Waals surface area (Å²) in [6.07, 6.45) is 13.0. The molecule has 0 atom stereocenters. The fourth-order valence-electron chi connectivity index (χ4n) is 1.83. The third kappa shape index (κ3) is 3.35. The van der Waals surface area contributed by atoms with Crippen molar-refractivity contribution in [3.05, 3.63) is 60.2 Å². The van der Waals surface area contributed by atoms with Crippen molar-refractivity contribution in [2.45, 2.75) is 19.8 Å². The molecule has 0 amide bonds. The fraction of sp³-hybridized carbons (Fsp3) is 0.250. The van der Waals surface area contributed by atoms with Crippen molar-refractivity contribution >= 4 is 5.57 Å². The van der Waals surface area contributed by atoms with Crippen molar-refractivity contribution in [2.75, 3.05) is 6.61 Å². The molecule has 0 fully saturated rings. The van der Waals surface area contributed by atoms with Gasteiger partial charge in [0.2, 0.25) is 0 Å². The molecular weight excluding hydrogens is 208 g/mol. The van der Waals surface area contributed by atoms with Gasteiger partial charge in [-0.05, 0) is 43.0 Å². The van der Waals surface area contributed by atoms with Crippen molar-refractivity contribution < 1.29 is 4.74 Å². The summed E-state index contributed by atoms with van der Waals surface area (Å²) in [5.74, 6) is 0.931. The molecule has 0 bridgehead atoms. The minimum Gasteiger partial charge on any atom is -0.490 e. The standard InChI is InChI=1S/C16H18O/c1-2-3-12-17-16-11-7-10-15(13-16)14-8-5-4-6-9-14/h2-3,5,7-11,13H,4,6,12H2,1H3/b3-2+. The van der Waals surface area contributed by atoms with Crippen LogP contribution in [-0.4, -0.2) is 6.61 Å². The highest BCUT2D eigenvalue weighted by molar-refractivity contribution is 5.75. The van der Waals surface area contributed by atoms with Crippen molar-refractivity contribution in [2.24, 2.45) is 0 Å². The maximum atomic E-state index is 5.64. The van der Waals surface area contributed by atoms with Crippen LogP contribution in [-0.2, 0) is 0 Å². The van der Waals surface area contributed by atoms with Crippen LogP contribution in [0.25, 0.3) is 5.57 Å². The highest BCUT2D eigenvalue weighted by Gasteiger charge is 2.02. The SMILES string of the molecule is C/C=C/COc1cccc(C2=CCCC=C2)c1. The number of ether oxygens (including phenoxy) is 1. The number of allylic oxidation sites excluding steroid dienone is 5. The molecule has 0 aliphatic heterocycles. The van der Waals surface area contributed by atoms with Gasteiger partial charge >= 0.3 is 0 Å². The highest BCUT2D eigenvalue weighted by atomic mass is 16.5. The number of hydrogen-bond acceptors (Lipinski definition) is 1. The second kappa shape index (κ2) is 6.09. The Morgan fingerprint density at radius 3 is 3.00 bits per heavy atom. The molecule has 1 aliphatic carbocycles. The number of rotatable bonds is 4. The Balaban J connectivity index is 2.11. The Hall–Kier alpha value is -1.76. The molecule has 0 heterocycles. The molecule has 0 saturated carbocycles. The zero-order valence-electron chi connectivity index (χ0n) is 10.2. The summed E-state index contributed by atoms with van der Waals surface area (Å²) in [5.41, 5.74) is 2.53. The van der Waals surface area contributed by atoms with Gasteiger partial charge in [0.1, 0.15) is 12.4 Å². The highest BCUT2D eigenvalue weighted by Crippen LogP contribution is 2.24. The normalized spacial score (nSPS) is 15.0. The average molecular weight is 226 g/mol. The van der Waals surface area contributed by atoms with Gasteiger partial charge in [-0.3, -0.25) is 0 Å². The predicted molar refractivity (Wildman–Crippen MR) is 73.1 cm³/mol. The summed E-state index contributed by atoms with van der Waals surface area (Å²) >= 11 is 0. The van der Waals surface area contributed by atoms with Gasteiger partial charge in [-0.15, -0.1) is 0 Å². The lowest BCUT2D eigenvalue weighted by atomic mass is 10.00. The van der Waals surface area contributed by atoms with Crippen LogP contribution in [0.1, 0.15) is 25.3 Å². The predicted octanol–water partition coefficient (Wildman–Crippen LogP) is 4.37. The first-order chi connectivity index (χ1) is 8.40. The summed E-state index contributed by atoms with van der Waals surface area (Å²) in [6, 6.07) is 8.28. The zero-order valence-corrected chi connectivity index (χ0v) is 10.2. The van der Waals surface area contributed by atoms with E-state index in [1.807, 2.05) is 31.2 Å². The van der Waals surface area contributed by atoms with E-state index in [0.29, 0.717) is 6.61 Å². The van der Waals surface area contributed by atoms with E-state index in [1.165, 1.54) is 11.1 Å². The van der Waals surface area contributed by atoms with Crippen LogP contribution in [0.2, 0.25) is 0 Å². The second-order valence-electron chi connectivity index (χ2n) is 4.05. The van der Waals surface area contributed by atoms with E-state index in [0.717, 1.165) is 18.6 Å². The first-order valence-corrected chi connectivity index (χ1v) is 6.11. The zero-order chi connectivity index (χ0) is 11.9. The summed E-state index contributed by atoms with van der Waals surface area (Å²) in [7, 11) is 0. The summed E-state index contributed by atoms with van der Waals surface area (Å²) < 4.78 is 5.64. The van der Waals surface area contributed by atoms with E-state index in [1.54, 1.807) is 0 Å². The topological polar surface area (TPSA) is 9.23 Å². The Labute approximate surface area is 103 Å². The molecule has 0 radical (unpaired) electrons. The third-order valence-electron chi connectivity index (χ3n) is 2.74. The molecule has 17 heavy (non-hydrogen) atoms. The number of benzene rings is 1. The van der Waals surface area contributed by atoms with Gasteiger partial charge in [0.05, 0.1) is 0 Å². The van der Waals surface area contributed by atoms with Crippen molar-refractivity contribution in [3.63, 3.8) is 0 Å². The van der Waals surface area contributed by atoms with Gasteiger partial charge in [0, 0.05) is 0 Å². The fourth-order valence-corrected chi connectivity index (χ4v) is 1.83. The lowest BCUT2D eigenvalue weighted by Crippen LogP contribution is -1.94. The smallest absolute Gasteiger partial charge is 0.120 e. The Morgan fingerprint density at radius 2 is 2.24 bits per heavy atom. The van der Waals surface area contributed by atoms with Gasteiger partial charge in [0.15, 0.2) is 0 Å². The molecule has 0 aromatic heterocycles. The Kier molecular flexibility index (Phi) is 4.20. The molecule has 0 N–H and O–H groups in total. The van der Waals surface area contributed by atoms with E-state index >= 15 is 0 Å². The van der Waals surface area contributed by atoms with Crippen molar-refractivity contribution in [1.82, 2.24) is 0 Å². The molecule has 1 aromatic rings. The van der Waals surface area contributed by atoms with Crippen LogP contribution in [0.5, 0.6) is 5.75 Å². The van der Waals surface area contributed by atoms with Crippen molar-refractivity contribution in [3.8, 4) is 5.75 Å². The molecule has 0 unspecified atom stereocenters. The van der Waals surface area contributed by atoms with Crippen LogP contribution in [0.3, 0.4) is 0 Å². The van der Waals surface area contributed by atoms with Crippen LogP contribution < -0.4 is 4.74 Å². The van der Waals surface area contributed by atoms with Gasteiger partial charge in [-0.2, -0.15) is 0 Å². The van der Waals surface area contributed by atoms with Crippen LogP contribution in [0.15, 0.2) is 54.6 Å². The lowest BCUT2D eigenvalue weighted by Gasteiger charge is -2.09. The summed E-state index contributed by atoms with van der Waals surface area (Å²) in [6.45, 7) is 2.63. The largest absolute Gasteiger partial charge is 0.490 e. The molecule has 1 aliphatic rings. The molecule has 1 aromatic carbocycles. The van der Waals surface area contributed by atoms with E-state index in [2.05, 4.69) is 30.4 Å². The van der Waals surface area contributed by atoms with E-state index in [-0.39, 0.29) is 0 Å². The second-order valence-corrected chi connectivity index (χ2v) is 4.05. The Bertz CT molecular complexity index is 452. The Morgan fingerprint density at radius 1 is 1.29 bits per heavy atom. The molecule has 0 spiro atoms. The van der Waals surface area contributed by atoms with Crippen LogP contribution >= 0.6 is 0 Å². The van der Waals surface area contributed by atoms with Gasteiger partial charge in [0.25, 0.3) is 0 Å². The van der Waals surface area contributed by atoms with Gasteiger partial charge < -0.3 is 4.74 Å². The maximum Gasteiger partial charge on any atom is 0.120 e. The minimum absolute atomic E-state index is 0.634. The van der Waals surface area contributed by atoms with Gasteiger partial charge in [-0.1, -0.05) is 42.5 Å². The first-order valence-electron chi connectivity index (χ1n) is 6.11. The number of hydrogen-bond donors (Lipinski definition) is 0. The third-order valence-corrected chi connectivity index (χ3v) is 2.74. The summed E-state index contributed by atoms with van der Waals surface area (Å²) in [4.78, 5) is 0. The molecular formula is C16H18O. The molecule has 2 rings (SSSR count). The van der Waals surface area contributed by atoms with E-state index < -0.39 is 0 Å². The monoisotopic (exact) mass is 226 g/mol. The quantitative estimate of drug-likeness (QED) is 0.692. The van der Waals surface area contributed by atoms with Gasteiger partial charge in [-0.25, -0.2) is 0 Å². The molecule has 88 valence electrons. The molecule has 1 heteroatoms. The van der Waals surface area contributed by atoms with Crippen molar-refractivity contribution in [1.29, 1.82) is 0 Å². The first kappa shape index (κ1) is 11.7. The average Bonchev–Trinajstić information content (AvgIpc) is 2.41. The van der Waals surface area contributed by atoms with Crippen LogP contribution in [0, 0.1) is 0 Å². The molecule has 0 saturated heterocycles. The van der Waals surface area contributed by atoms with E-state index in [9.17, 15) is 0 Å². The van der Waals surface area contributed by atoms with Crippen LogP contribution in [0.4, 0.5) is 0 Å².